The van der Waals surface area contributed by atoms with Gasteiger partial charge in [-0.05, 0) is 54.3 Å². The SMILES string of the molecule is Cc1ccc(C(C)C)c(OCc2ccc(C(=O)Nc3ccncc3)o2)c1. The lowest BCUT2D eigenvalue weighted by molar-refractivity contribution is 0.0992. The van der Waals surface area contributed by atoms with E-state index in [1.165, 1.54) is 0 Å². The monoisotopic (exact) mass is 350 g/mol. The first kappa shape index (κ1) is 17.7. The standard InChI is InChI=1S/C21H22N2O3/c1-14(2)18-6-4-15(3)12-20(18)25-13-17-5-7-19(26-17)21(24)23-16-8-10-22-11-9-16/h4-12,14H,13H2,1-3H3,(H,22,23,24). The number of pyridine rings is 1. The number of hydrogen-bond donors (Lipinski definition) is 1. The van der Waals surface area contributed by atoms with Gasteiger partial charge in [-0.1, -0.05) is 26.0 Å². The average Bonchev–Trinajstić information content (AvgIpc) is 3.10. The van der Waals surface area contributed by atoms with Crippen LogP contribution in [0, 0.1) is 6.92 Å². The van der Waals surface area contributed by atoms with E-state index in [1.54, 1.807) is 36.7 Å². The Hall–Kier alpha value is -3.08. The zero-order valence-corrected chi connectivity index (χ0v) is 15.2. The van der Waals surface area contributed by atoms with E-state index in [0.717, 1.165) is 16.9 Å². The molecule has 0 bridgehead atoms. The number of aryl methyl sites for hydroxylation is 1. The van der Waals surface area contributed by atoms with E-state index in [0.29, 0.717) is 17.4 Å². The molecule has 1 aromatic carbocycles. The maximum absolute atomic E-state index is 12.2. The van der Waals surface area contributed by atoms with Crippen LogP contribution in [0.1, 0.15) is 47.2 Å². The van der Waals surface area contributed by atoms with Gasteiger partial charge in [0.25, 0.3) is 5.91 Å². The molecule has 0 radical (unpaired) electrons. The molecule has 1 N–H and O–H groups in total. The van der Waals surface area contributed by atoms with Crippen LogP contribution in [-0.4, -0.2) is 10.9 Å². The molecule has 0 atom stereocenters. The lowest BCUT2D eigenvalue weighted by Gasteiger charge is -2.14. The second-order valence-electron chi connectivity index (χ2n) is 6.44. The fourth-order valence-electron chi connectivity index (χ4n) is 2.60. The van der Waals surface area contributed by atoms with Gasteiger partial charge in [-0.25, -0.2) is 0 Å². The maximum atomic E-state index is 12.2. The minimum absolute atomic E-state index is 0.244. The minimum Gasteiger partial charge on any atom is -0.485 e. The number of ether oxygens (including phenoxy) is 1. The van der Waals surface area contributed by atoms with Gasteiger partial charge < -0.3 is 14.5 Å². The minimum atomic E-state index is -0.305. The number of benzene rings is 1. The number of hydrogen-bond acceptors (Lipinski definition) is 4. The number of nitrogens with zero attached hydrogens (tertiary/aromatic N) is 1. The molecule has 1 amide bonds. The summed E-state index contributed by atoms with van der Waals surface area (Å²) in [6.07, 6.45) is 3.23. The summed E-state index contributed by atoms with van der Waals surface area (Å²) < 4.78 is 11.6. The van der Waals surface area contributed by atoms with Crippen LogP contribution in [0.3, 0.4) is 0 Å². The van der Waals surface area contributed by atoms with Crippen molar-refractivity contribution < 1.29 is 13.9 Å². The van der Waals surface area contributed by atoms with Gasteiger partial charge in [-0.15, -0.1) is 0 Å². The quantitative estimate of drug-likeness (QED) is 0.684. The van der Waals surface area contributed by atoms with Crippen molar-refractivity contribution in [3.8, 4) is 5.75 Å². The number of carbonyl (C=O) groups is 1. The lowest BCUT2D eigenvalue weighted by Crippen LogP contribution is -2.10. The van der Waals surface area contributed by atoms with E-state index >= 15 is 0 Å². The molecule has 3 rings (SSSR count). The highest BCUT2D eigenvalue weighted by Crippen LogP contribution is 2.28. The van der Waals surface area contributed by atoms with E-state index in [-0.39, 0.29) is 18.3 Å². The van der Waals surface area contributed by atoms with Crippen molar-refractivity contribution in [1.29, 1.82) is 0 Å². The van der Waals surface area contributed by atoms with Crippen molar-refractivity contribution in [2.45, 2.75) is 33.3 Å². The van der Waals surface area contributed by atoms with Crippen LogP contribution in [0.4, 0.5) is 5.69 Å². The smallest absolute Gasteiger partial charge is 0.291 e. The molecule has 0 saturated carbocycles. The maximum Gasteiger partial charge on any atom is 0.291 e. The van der Waals surface area contributed by atoms with Crippen LogP contribution in [0.25, 0.3) is 0 Å². The van der Waals surface area contributed by atoms with E-state index in [4.69, 9.17) is 9.15 Å². The van der Waals surface area contributed by atoms with Crippen molar-refractivity contribution in [2.75, 3.05) is 5.32 Å². The number of amides is 1. The van der Waals surface area contributed by atoms with Crippen LogP contribution in [0.15, 0.2) is 59.3 Å². The molecule has 26 heavy (non-hydrogen) atoms. The fourth-order valence-corrected chi connectivity index (χ4v) is 2.60. The van der Waals surface area contributed by atoms with Gasteiger partial charge in [0, 0.05) is 18.1 Å². The molecule has 0 unspecified atom stereocenters. The van der Waals surface area contributed by atoms with Crippen LogP contribution in [0.5, 0.6) is 5.75 Å². The molecule has 5 nitrogen and oxygen atoms in total. The Morgan fingerprint density at radius 1 is 1.15 bits per heavy atom. The summed E-state index contributed by atoms with van der Waals surface area (Å²) in [5, 5.41) is 2.76. The second-order valence-corrected chi connectivity index (χ2v) is 6.44. The van der Waals surface area contributed by atoms with Crippen molar-refractivity contribution in [3.63, 3.8) is 0 Å². The first-order chi connectivity index (χ1) is 12.5. The highest BCUT2D eigenvalue weighted by molar-refractivity contribution is 6.02. The van der Waals surface area contributed by atoms with E-state index in [9.17, 15) is 4.79 Å². The summed E-state index contributed by atoms with van der Waals surface area (Å²) in [6, 6.07) is 13.0. The Labute approximate surface area is 153 Å². The highest BCUT2D eigenvalue weighted by atomic mass is 16.5. The predicted octanol–water partition coefficient (Wildman–Crippen LogP) is 4.94. The van der Waals surface area contributed by atoms with Gasteiger partial charge in [-0.3, -0.25) is 9.78 Å². The third-order valence-electron chi connectivity index (χ3n) is 3.98. The van der Waals surface area contributed by atoms with Gasteiger partial charge >= 0.3 is 0 Å². The summed E-state index contributed by atoms with van der Waals surface area (Å²) in [5.41, 5.74) is 2.96. The first-order valence-electron chi connectivity index (χ1n) is 8.56. The topological polar surface area (TPSA) is 64.4 Å². The molecule has 2 aromatic heterocycles. The Kier molecular flexibility index (Phi) is 5.37. The lowest BCUT2D eigenvalue weighted by atomic mass is 10.0. The third kappa shape index (κ3) is 4.30. The molecule has 0 aliphatic rings. The molecule has 0 saturated heterocycles. The number of anilines is 1. The van der Waals surface area contributed by atoms with Crippen molar-refractivity contribution in [1.82, 2.24) is 4.98 Å². The molecule has 0 spiro atoms. The summed E-state index contributed by atoms with van der Waals surface area (Å²) in [6.45, 7) is 6.56. The van der Waals surface area contributed by atoms with E-state index < -0.39 is 0 Å². The molecule has 134 valence electrons. The summed E-state index contributed by atoms with van der Waals surface area (Å²) in [5.74, 6) is 1.75. The predicted molar refractivity (Wildman–Crippen MR) is 100 cm³/mol. The zero-order chi connectivity index (χ0) is 18.5. The molecule has 0 aliphatic carbocycles. The third-order valence-corrected chi connectivity index (χ3v) is 3.98. The normalized spacial score (nSPS) is 10.8. The molecular formula is C21H22N2O3. The van der Waals surface area contributed by atoms with E-state index in [1.807, 2.05) is 13.0 Å². The molecule has 2 heterocycles. The van der Waals surface area contributed by atoms with Gasteiger partial charge in [-0.2, -0.15) is 0 Å². The number of aromatic nitrogens is 1. The van der Waals surface area contributed by atoms with Gasteiger partial charge in [0.1, 0.15) is 18.1 Å². The van der Waals surface area contributed by atoms with Crippen LogP contribution >= 0.6 is 0 Å². The van der Waals surface area contributed by atoms with Crippen LogP contribution < -0.4 is 10.1 Å². The van der Waals surface area contributed by atoms with Crippen LogP contribution in [-0.2, 0) is 6.61 Å². The largest absolute Gasteiger partial charge is 0.485 e. The zero-order valence-electron chi connectivity index (χ0n) is 15.2. The van der Waals surface area contributed by atoms with E-state index in [2.05, 4.69) is 36.3 Å². The molecular weight excluding hydrogens is 328 g/mol. The summed E-state index contributed by atoms with van der Waals surface area (Å²) in [7, 11) is 0. The Bertz CT molecular complexity index is 885. The van der Waals surface area contributed by atoms with Crippen molar-refractivity contribution in [2.24, 2.45) is 0 Å². The van der Waals surface area contributed by atoms with Crippen molar-refractivity contribution >= 4 is 11.6 Å². The second kappa shape index (κ2) is 7.87. The Balaban J connectivity index is 1.66. The number of furan rings is 1. The first-order valence-corrected chi connectivity index (χ1v) is 8.56. The summed E-state index contributed by atoms with van der Waals surface area (Å²) >= 11 is 0. The highest BCUT2D eigenvalue weighted by Gasteiger charge is 2.13. The Morgan fingerprint density at radius 3 is 2.65 bits per heavy atom. The van der Waals surface area contributed by atoms with Gasteiger partial charge in [0.05, 0.1) is 0 Å². The molecule has 5 heteroatoms. The van der Waals surface area contributed by atoms with Gasteiger partial charge in [0.15, 0.2) is 5.76 Å². The molecule has 0 fully saturated rings. The fraction of sp³-hybridized carbons (Fsp3) is 0.238. The average molecular weight is 350 g/mol. The number of rotatable bonds is 6. The van der Waals surface area contributed by atoms with Crippen LogP contribution in [0.2, 0.25) is 0 Å². The Morgan fingerprint density at radius 2 is 1.92 bits per heavy atom. The summed E-state index contributed by atoms with van der Waals surface area (Å²) in [4.78, 5) is 16.1. The number of nitrogens with one attached hydrogen (secondary N) is 1. The number of carbonyl (C=O) groups excluding carboxylic acids is 1. The molecule has 0 aliphatic heterocycles. The van der Waals surface area contributed by atoms with Crippen molar-refractivity contribution in [3.05, 3.63) is 77.5 Å². The molecule has 3 aromatic rings. The van der Waals surface area contributed by atoms with Gasteiger partial charge in [0.2, 0.25) is 0 Å².